The number of hydrogen-bond acceptors (Lipinski definition) is 1. The van der Waals surface area contributed by atoms with Gasteiger partial charge in [-0.25, -0.2) is 0 Å². The summed E-state index contributed by atoms with van der Waals surface area (Å²) in [6, 6.07) is 0. The van der Waals surface area contributed by atoms with E-state index in [9.17, 15) is 4.79 Å². The van der Waals surface area contributed by atoms with Gasteiger partial charge in [-0.05, 0) is 31.1 Å². The Balaban J connectivity index is 1.62. The molecule has 0 aromatic carbocycles. The molecule has 0 heterocycles. The van der Waals surface area contributed by atoms with E-state index < -0.39 is 0 Å². The molecule has 0 aromatic heterocycles. The first-order valence-electron chi connectivity index (χ1n) is 8.88. The molecule has 0 N–H and O–H groups in total. The van der Waals surface area contributed by atoms with E-state index in [4.69, 9.17) is 0 Å². The molecule has 2 fully saturated rings. The zero-order valence-corrected chi connectivity index (χ0v) is 12.7. The third kappa shape index (κ3) is 6.58. The van der Waals surface area contributed by atoms with E-state index in [2.05, 4.69) is 0 Å². The van der Waals surface area contributed by atoms with Crippen molar-refractivity contribution in [2.75, 3.05) is 0 Å². The standard InChI is InChI=1S/C18H32O/c19-18-13-9-5-1-3-7-11-16-15-17(16)12-8-4-2-6-10-14-18/h16-17H,1-15H2. The first kappa shape index (κ1) is 15.1. The van der Waals surface area contributed by atoms with Crippen LogP contribution in [0.3, 0.4) is 0 Å². The Morgan fingerprint density at radius 1 is 0.579 bits per heavy atom. The summed E-state index contributed by atoms with van der Waals surface area (Å²) in [4.78, 5) is 11.7. The number of Topliss-reactive ketones (excluding diaryl/α,β-unsaturated/α-hetero) is 1. The number of fused-ring (bicyclic) bond motifs is 1. The average Bonchev–Trinajstić information content (AvgIpc) is 3.14. The van der Waals surface area contributed by atoms with Crippen LogP contribution in [-0.4, -0.2) is 5.78 Å². The van der Waals surface area contributed by atoms with Gasteiger partial charge in [-0.2, -0.15) is 0 Å². The summed E-state index contributed by atoms with van der Waals surface area (Å²) in [6.07, 6.45) is 19.4. The summed E-state index contributed by atoms with van der Waals surface area (Å²) in [5, 5.41) is 0. The summed E-state index contributed by atoms with van der Waals surface area (Å²) in [7, 11) is 0. The molecule has 0 amide bonds. The predicted octanol–water partition coefficient (Wildman–Crippen LogP) is 5.67. The molecule has 2 rings (SSSR count). The van der Waals surface area contributed by atoms with Crippen LogP contribution >= 0.6 is 0 Å². The molecule has 1 nitrogen and oxygen atoms in total. The van der Waals surface area contributed by atoms with Gasteiger partial charge in [0.25, 0.3) is 0 Å². The molecule has 110 valence electrons. The molecule has 2 atom stereocenters. The molecule has 2 unspecified atom stereocenters. The van der Waals surface area contributed by atoms with Crippen LogP contribution in [0.5, 0.6) is 0 Å². The molecule has 2 saturated carbocycles. The van der Waals surface area contributed by atoms with Crippen molar-refractivity contribution in [2.24, 2.45) is 11.8 Å². The minimum atomic E-state index is 0.519. The SMILES string of the molecule is O=C1CCCCCCCC2CC2CCCCCCC1. The van der Waals surface area contributed by atoms with E-state index in [0.717, 1.165) is 37.5 Å². The Kier molecular flexibility index (Phi) is 6.95. The quantitative estimate of drug-likeness (QED) is 0.551. The largest absolute Gasteiger partial charge is 0.300 e. The summed E-state index contributed by atoms with van der Waals surface area (Å²) in [5.41, 5.74) is 0. The highest BCUT2D eigenvalue weighted by Crippen LogP contribution is 2.45. The lowest BCUT2D eigenvalue weighted by atomic mass is 10.0. The molecule has 0 radical (unpaired) electrons. The van der Waals surface area contributed by atoms with Gasteiger partial charge < -0.3 is 0 Å². The highest BCUT2D eigenvalue weighted by Gasteiger charge is 2.34. The van der Waals surface area contributed by atoms with Gasteiger partial charge in [-0.3, -0.25) is 4.79 Å². The highest BCUT2D eigenvalue weighted by atomic mass is 16.1. The molecule has 0 aliphatic heterocycles. The number of carbonyl (C=O) groups is 1. The molecule has 0 saturated heterocycles. The second-order valence-electron chi connectivity index (χ2n) is 6.91. The second-order valence-corrected chi connectivity index (χ2v) is 6.91. The van der Waals surface area contributed by atoms with Gasteiger partial charge in [0.15, 0.2) is 0 Å². The number of ketones is 1. The predicted molar refractivity (Wildman–Crippen MR) is 81.2 cm³/mol. The number of carbonyl (C=O) groups excluding carboxylic acids is 1. The van der Waals surface area contributed by atoms with Crippen LogP contribution < -0.4 is 0 Å². The van der Waals surface area contributed by atoms with Gasteiger partial charge in [0.2, 0.25) is 0 Å². The van der Waals surface area contributed by atoms with Gasteiger partial charge in [0, 0.05) is 12.8 Å². The topological polar surface area (TPSA) is 17.1 Å². The van der Waals surface area contributed by atoms with Crippen LogP contribution in [0.1, 0.15) is 96.3 Å². The summed E-state index contributed by atoms with van der Waals surface area (Å²) in [5.74, 6) is 2.71. The van der Waals surface area contributed by atoms with Crippen molar-refractivity contribution in [1.82, 2.24) is 0 Å². The van der Waals surface area contributed by atoms with Gasteiger partial charge in [0.05, 0.1) is 0 Å². The van der Waals surface area contributed by atoms with Gasteiger partial charge in [-0.1, -0.05) is 64.2 Å². The summed E-state index contributed by atoms with van der Waals surface area (Å²) >= 11 is 0. The third-order valence-corrected chi connectivity index (χ3v) is 5.13. The molecule has 19 heavy (non-hydrogen) atoms. The zero-order valence-electron chi connectivity index (χ0n) is 12.7. The monoisotopic (exact) mass is 264 g/mol. The molecule has 2 aliphatic rings. The van der Waals surface area contributed by atoms with Crippen molar-refractivity contribution in [3.05, 3.63) is 0 Å². The first-order chi connectivity index (χ1) is 9.36. The lowest BCUT2D eigenvalue weighted by Crippen LogP contribution is -1.97. The lowest BCUT2D eigenvalue weighted by molar-refractivity contribution is -0.119. The number of hydrogen-bond donors (Lipinski definition) is 0. The van der Waals surface area contributed by atoms with Crippen LogP contribution in [0.2, 0.25) is 0 Å². The Bertz CT molecular complexity index is 234. The van der Waals surface area contributed by atoms with Gasteiger partial charge in [-0.15, -0.1) is 0 Å². The molecule has 2 aliphatic carbocycles. The molecule has 0 aromatic rings. The maximum Gasteiger partial charge on any atom is 0.132 e. The van der Waals surface area contributed by atoms with E-state index in [1.54, 1.807) is 0 Å². The fourth-order valence-electron chi connectivity index (χ4n) is 3.66. The normalized spacial score (nSPS) is 32.3. The first-order valence-corrected chi connectivity index (χ1v) is 8.88. The smallest absolute Gasteiger partial charge is 0.132 e. The zero-order chi connectivity index (χ0) is 13.3. The van der Waals surface area contributed by atoms with Gasteiger partial charge in [0.1, 0.15) is 5.78 Å². The Hall–Kier alpha value is -0.330. The van der Waals surface area contributed by atoms with E-state index in [1.807, 2.05) is 0 Å². The Morgan fingerprint density at radius 3 is 1.53 bits per heavy atom. The van der Waals surface area contributed by atoms with E-state index in [1.165, 1.54) is 70.6 Å². The second kappa shape index (κ2) is 8.76. The van der Waals surface area contributed by atoms with Crippen LogP contribution in [-0.2, 0) is 4.79 Å². The average molecular weight is 264 g/mol. The van der Waals surface area contributed by atoms with Crippen molar-refractivity contribution in [1.29, 1.82) is 0 Å². The van der Waals surface area contributed by atoms with Crippen molar-refractivity contribution in [3.63, 3.8) is 0 Å². The van der Waals surface area contributed by atoms with Crippen LogP contribution in [0.4, 0.5) is 0 Å². The Labute approximate surface area is 119 Å². The van der Waals surface area contributed by atoms with Crippen molar-refractivity contribution in [2.45, 2.75) is 96.3 Å². The molecule has 0 spiro atoms. The minimum absolute atomic E-state index is 0.519. The van der Waals surface area contributed by atoms with Crippen LogP contribution in [0.25, 0.3) is 0 Å². The minimum Gasteiger partial charge on any atom is -0.300 e. The van der Waals surface area contributed by atoms with Crippen molar-refractivity contribution < 1.29 is 4.79 Å². The van der Waals surface area contributed by atoms with E-state index in [0.29, 0.717) is 5.78 Å². The molecular weight excluding hydrogens is 232 g/mol. The number of rotatable bonds is 0. The van der Waals surface area contributed by atoms with E-state index in [-0.39, 0.29) is 0 Å². The van der Waals surface area contributed by atoms with Crippen molar-refractivity contribution >= 4 is 5.78 Å². The molecular formula is C18H32O. The molecule has 0 bridgehead atoms. The van der Waals surface area contributed by atoms with Gasteiger partial charge >= 0.3 is 0 Å². The summed E-state index contributed by atoms with van der Waals surface area (Å²) < 4.78 is 0. The fraction of sp³-hybridized carbons (Fsp3) is 0.944. The third-order valence-electron chi connectivity index (χ3n) is 5.13. The Morgan fingerprint density at radius 2 is 1.00 bits per heavy atom. The fourth-order valence-corrected chi connectivity index (χ4v) is 3.66. The maximum absolute atomic E-state index is 11.7. The summed E-state index contributed by atoms with van der Waals surface area (Å²) in [6.45, 7) is 0. The molecule has 1 heteroatoms. The van der Waals surface area contributed by atoms with Crippen LogP contribution in [0.15, 0.2) is 0 Å². The van der Waals surface area contributed by atoms with Crippen LogP contribution in [0, 0.1) is 11.8 Å². The maximum atomic E-state index is 11.7. The lowest BCUT2D eigenvalue weighted by Gasteiger charge is -2.02. The van der Waals surface area contributed by atoms with Crippen molar-refractivity contribution in [3.8, 4) is 0 Å². The highest BCUT2D eigenvalue weighted by molar-refractivity contribution is 5.78. The van der Waals surface area contributed by atoms with E-state index >= 15 is 0 Å².